The number of anilines is 2. The van der Waals surface area contributed by atoms with Gasteiger partial charge in [-0.15, -0.1) is 10.2 Å². The fourth-order valence-corrected chi connectivity index (χ4v) is 3.72. The van der Waals surface area contributed by atoms with E-state index in [1.165, 1.54) is 13.2 Å². The van der Waals surface area contributed by atoms with E-state index in [2.05, 4.69) is 20.3 Å². The Bertz CT molecular complexity index is 897. The van der Waals surface area contributed by atoms with Crippen molar-refractivity contribution in [1.82, 2.24) is 15.1 Å². The summed E-state index contributed by atoms with van der Waals surface area (Å²) in [6, 6.07) is 5.24. The first-order chi connectivity index (χ1) is 14.2. The fraction of sp³-hybridized carbons (Fsp3) is 0.444. The number of esters is 1. The van der Waals surface area contributed by atoms with Gasteiger partial charge in [-0.2, -0.15) is 13.2 Å². The summed E-state index contributed by atoms with van der Waals surface area (Å²) in [4.78, 5) is 27.2. The summed E-state index contributed by atoms with van der Waals surface area (Å²) in [7, 11) is 1.28. The number of hydrogen-bond acceptors (Lipinski definition) is 8. The van der Waals surface area contributed by atoms with Crippen molar-refractivity contribution in [3.63, 3.8) is 0 Å². The summed E-state index contributed by atoms with van der Waals surface area (Å²) >= 11 is 1.09. The predicted molar refractivity (Wildman–Crippen MR) is 104 cm³/mol. The van der Waals surface area contributed by atoms with Crippen LogP contribution in [-0.2, 0) is 26.9 Å². The normalized spacial score (nSPS) is 15.1. The number of halogens is 3. The molecule has 0 atom stereocenters. The number of alkyl halides is 3. The molecule has 1 fully saturated rings. The third-order valence-corrected chi connectivity index (χ3v) is 5.35. The van der Waals surface area contributed by atoms with E-state index in [1.807, 2.05) is 9.80 Å². The summed E-state index contributed by atoms with van der Waals surface area (Å²) < 4.78 is 43.3. The van der Waals surface area contributed by atoms with E-state index in [0.717, 1.165) is 23.5 Å². The number of nitrogens with zero attached hydrogens (tertiary/aromatic N) is 4. The van der Waals surface area contributed by atoms with Crippen LogP contribution in [-0.4, -0.2) is 66.8 Å². The van der Waals surface area contributed by atoms with Crippen LogP contribution < -0.4 is 10.2 Å². The first kappa shape index (κ1) is 22.0. The average Bonchev–Trinajstić information content (AvgIpc) is 3.14. The molecule has 8 nitrogen and oxygen atoms in total. The van der Waals surface area contributed by atoms with Crippen molar-refractivity contribution in [2.45, 2.75) is 12.6 Å². The van der Waals surface area contributed by atoms with Gasteiger partial charge in [-0.25, -0.2) is 0 Å². The van der Waals surface area contributed by atoms with Crippen LogP contribution >= 0.6 is 11.3 Å². The summed E-state index contributed by atoms with van der Waals surface area (Å²) in [5.41, 5.74) is -0.161. The molecule has 0 saturated carbocycles. The van der Waals surface area contributed by atoms with E-state index in [4.69, 9.17) is 0 Å². The second kappa shape index (κ2) is 9.39. The standard InChI is InChI=1S/C18H20F3N5O3S/c1-29-16(28)10-15-23-24-17(30-15)22-14(27)11-25-5-7-26(8-6-25)13-4-2-3-12(9-13)18(19,20)21/h2-4,9H,5-8,10-11H2,1H3,(H,22,24,27). The molecule has 2 aromatic rings. The van der Waals surface area contributed by atoms with Gasteiger partial charge in [0.1, 0.15) is 5.01 Å². The number of amides is 1. The van der Waals surface area contributed by atoms with Crippen LogP contribution in [0, 0.1) is 0 Å². The van der Waals surface area contributed by atoms with Crippen LogP contribution in [0.5, 0.6) is 0 Å². The Balaban J connectivity index is 1.48. The minimum Gasteiger partial charge on any atom is -0.469 e. The molecule has 162 valence electrons. The molecule has 0 spiro atoms. The third kappa shape index (κ3) is 5.89. The van der Waals surface area contributed by atoms with Gasteiger partial charge in [0.25, 0.3) is 0 Å². The summed E-state index contributed by atoms with van der Waals surface area (Å²) in [6.07, 6.45) is -4.39. The molecule has 1 aliphatic heterocycles. The highest BCUT2D eigenvalue weighted by Crippen LogP contribution is 2.31. The number of aromatic nitrogens is 2. The summed E-state index contributed by atoms with van der Waals surface area (Å²) in [6.45, 7) is 2.22. The zero-order valence-corrected chi connectivity index (χ0v) is 16.9. The number of carbonyl (C=O) groups excluding carboxylic acids is 2. The van der Waals surface area contributed by atoms with E-state index in [9.17, 15) is 22.8 Å². The number of rotatable bonds is 6. The van der Waals surface area contributed by atoms with E-state index in [1.54, 1.807) is 6.07 Å². The molecule has 30 heavy (non-hydrogen) atoms. The van der Waals surface area contributed by atoms with E-state index < -0.39 is 17.7 Å². The quantitative estimate of drug-likeness (QED) is 0.684. The first-order valence-corrected chi connectivity index (χ1v) is 9.90. The Kier molecular flexibility index (Phi) is 6.87. The number of benzene rings is 1. The Hall–Kier alpha value is -2.73. The van der Waals surface area contributed by atoms with E-state index in [0.29, 0.717) is 42.0 Å². The second-order valence-electron chi connectivity index (χ2n) is 6.61. The Morgan fingerprint density at radius 2 is 1.93 bits per heavy atom. The highest BCUT2D eigenvalue weighted by molar-refractivity contribution is 7.15. The maximum absolute atomic E-state index is 12.9. The fourth-order valence-electron chi connectivity index (χ4n) is 2.98. The lowest BCUT2D eigenvalue weighted by Gasteiger charge is -2.35. The minimum absolute atomic E-state index is 0.0124. The number of hydrogen-bond donors (Lipinski definition) is 1. The minimum atomic E-state index is -4.38. The molecule has 0 bridgehead atoms. The van der Waals surface area contributed by atoms with Crippen LogP contribution in [0.15, 0.2) is 24.3 Å². The third-order valence-electron chi connectivity index (χ3n) is 4.51. The lowest BCUT2D eigenvalue weighted by atomic mass is 10.1. The van der Waals surface area contributed by atoms with Crippen molar-refractivity contribution in [3.05, 3.63) is 34.8 Å². The highest BCUT2D eigenvalue weighted by atomic mass is 32.1. The van der Waals surface area contributed by atoms with Gasteiger partial charge >= 0.3 is 12.1 Å². The van der Waals surface area contributed by atoms with Crippen molar-refractivity contribution < 1.29 is 27.5 Å². The van der Waals surface area contributed by atoms with Crippen LogP contribution in [0.4, 0.5) is 24.0 Å². The molecule has 0 unspecified atom stereocenters. The average molecular weight is 443 g/mol. The van der Waals surface area contributed by atoms with Crippen molar-refractivity contribution in [1.29, 1.82) is 0 Å². The molecule has 1 aromatic carbocycles. The van der Waals surface area contributed by atoms with Crippen LogP contribution in [0.25, 0.3) is 0 Å². The molecule has 0 aliphatic carbocycles. The van der Waals surface area contributed by atoms with Gasteiger partial charge in [-0.05, 0) is 18.2 Å². The van der Waals surface area contributed by atoms with E-state index in [-0.39, 0.29) is 18.9 Å². The lowest BCUT2D eigenvalue weighted by Crippen LogP contribution is -2.48. The van der Waals surface area contributed by atoms with Crippen molar-refractivity contribution >= 4 is 34.0 Å². The smallest absolute Gasteiger partial charge is 0.416 e. The predicted octanol–water partition coefficient (Wildman–Crippen LogP) is 2.03. The van der Waals surface area contributed by atoms with Crippen molar-refractivity contribution in [2.75, 3.05) is 50.1 Å². The van der Waals surface area contributed by atoms with Gasteiger partial charge in [0, 0.05) is 31.9 Å². The van der Waals surface area contributed by atoms with Gasteiger partial charge in [0.05, 0.1) is 25.6 Å². The maximum Gasteiger partial charge on any atom is 0.416 e. The molecule has 1 saturated heterocycles. The Labute approximate surface area is 174 Å². The number of piperazine rings is 1. The first-order valence-electron chi connectivity index (χ1n) is 9.08. The topological polar surface area (TPSA) is 87.7 Å². The number of methoxy groups -OCH3 is 1. The zero-order valence-electron chi connectivity index (χ0n) is 16.1. The van der Waals surface area contributed by atoms with Gasteiger partial charge < -0.3 is 9.64 Å². The number of ether oxygens (including phenoxy) is 1. The number of carbonyl (C=O) groups is 2. The molecule has 1 N–H and O–H groups in total. The van der Waals surface area contributed by atoms with Gasteiger partial charge in [0.15, 0.2) is 0 Å². The van der Waals surface area contributed by atoms with Crippen LogP contribution in [0.2, 0.25) is 0 Å². The summed E-state index contributed by atoms with van der Waals surface area (Å²) in [5.74, 6) is -0.717. The Morgan fingerprint density at radius 1 is 1.20 bits per heavy atom. The molecule has 3 rings (SSSR count). The maximum atomic E-state index is 12.9. The molecule has 1 aliphatic rings. The zero-order chi connectivity index (χ0) is 21.7. The molecule has 0 radical (unpaired) electrons. The SMILES string of the molecule is COC(=O)Cc1nnc(NC(=O)CN2CCN(c3cccc(C(F)(F)F)c3)CC2)s1. The van der Waals surface area contributed by atoms with Gasteiger partial charge in [-0.1, -0.05) is 17.4 Å². The number of nitrogens with one attached hydrogen (secondary N) is 1. The van der Waals surface area contributed by atoms with Gasteiger partial charge in [-0.3, -0.25) is 19.8 Å². The van der Waals surface area contributed by atoms with Crippen LogP contribution in [0.1, 0.15) is 10.6 Å². The highest BCUT2D eigenvalue weighted by Gasteiger charge is 2.31. The van der Waals surface area contributed by atoms with Crippen molar-refractivity contribution in [2.24, 2.45) is 0 Å². The second-order valence-corrected chi connectivity index (χ2v) is 7.68. The molecular formula is C18H20F3N5O3S. The molecule has 2 heterocycles. The molecule has 1 aromatic heterocycles. The largest absolute Gasteiger partial charge is 0.469 e. The molecule has 12 heteroatoms. The molecule has 1 amide bonds. The van der Waals surface area contributed by atoms with Crippen molar-refractivity contribution in [3.8, 4) is 0 Å². The summed E-state index contributed by atoms with van der Waals surface area (Å²) in [5, 5.41) is 11.0. The molecular weight excluding hydrogens is 423 g/mol. The van der Waals surface area contributed by atoms with E-state index >= 15 is 0 Å². The van der Waals surface area contributed by atoms with Crippen LogP contribution in [0.3, 0.4) is 0 Å². The monoisotopic (exact) mass is 443 g/mol. The Morgan fingerprint density at radius 3 is 2.60 bits per heavy atom. The lowest BCUT2D eigenvalue weighted by molar-refractivity contribution is -0.140. The van der Waals surface area contributed by atoms with Gasteiger partial charge in [0.2, 0.25) is 11.0 Å².